The van der Waals surface area contributed by atoms with Crippen LogP contribution in [-0.4, -0.2) is 72.3 Å². The largest absolute Gasteiger partial charge is 0.380 e. The molecule has 3 N–H and O–H groups in total. The summed E-state index contributed by atoms with van der Waals surface area (Å²) < 4.78 is 5.41. The van der Waals surface area contributed by atoms with Crippen molar-refractivity contribution in [1.29, 1.82) is 0 Å². The van der Waals surface area contributed by atoms with E-state index in [-0.39, 0.29) is 36.8 Å². The molecule has 0 bridgehead atoms. The van der Waals surface area contributed by atoms with Crippen molar-refractivity contribution in [2.24, 2.45) is 5.92 Å². The van der Waals surface area contributed by atoms with E-state index in [1.165, 1.54) is 4.90 Å². The molecule has 2 aliphatic rings. The molecule has 1 aromatic heterocycles. The highest BCUT2D eigenvalue weighted by Gasteiger charge is 2.41. The zero-order chi connectivity index (χ0) is 22.0. The van der Waals surface area contributed by atoms with Crippen molar-refractivity contribution in [2.75, 3.05) is 20.2 Å². The number of carbonyl (C=O) groups is 4. The molecule has 2 aromatic rings. The molecule has 0 radical (unpaired) electrons. The Hall–Kier alpha value is -3.20. The SMILES string of the molecule is CO[C@@H]1C[C@@H](C(=O)N[C@H](C=O)C[C@@H]2CCNC2=O)N(C(=O)c2cc3ccccc3[nH]2)C1. The van der Waals surface area contributed by atoms with Gasteiger partial charge >= 0.3 is 0 Å². The van der Waals surface area contributed by atoms with Crippen molar-refractivity contribution in [2.45, 2.75) is 37.5 Å². The van der Waals surface area contributed by atoms with Gasteiger partial charge in [0.25, 0.3) is 5.91 Å². The van der Waals surface area contributed by atoms with Crippen LogP contribution in [0.25, 0.3) is 10.9 Å². The molecule has 3 heterocycles. The molecule has 0 spiro atoms. The van der Waals surface area contributed by atoms with Crippen LogP contribution in [0.3, 0.4) is 0 Å². The summed E-state index contributed by atoms with van der Waals surface area (Å²) in [5, 5.41) is 6.36. The predicted molar refractivity (Wildman–Crippen MR) is 112 cm³/mol. The second kappa shape index (κ2) is 8.89. The average Bonchev–Trinajstić information content (AvgIpc) is 3.50. The molecule has 4 atom stereocenters. The second-order valence-corrected chi connectivity index (χ2v) is 8.10. The van der Waals surface area contributed by atoms with Crippen LogP contribution in [0, 0.1) is 5.92 Å². The molecule has 4 rings (SSSR count). The van der Waals surface area contributed by atoms with Crippen molar-refractivity contribution < 1.29 is 23.9 Å². The number of aromatic nitrogens is 1. The number of para-hydroxylation sites is 1. The van der Waals surface area contributed by atoms with Crippen molar-refractivity contribution in [3.63, 3.8) is 0 Å². The second-order valence-electron chi connectivity index (χ2n) is 8.10. The number of H-pyrrole nitrogens is 1. The number of fused-ring (bicyclic) bond motifs is 1. The maximum absolute atomic E-state index is 13.2. The van der Waals surface area contributed by atoms with Gasteiger partial charge in [-0.05, 0) is 25.0 Å². The van der Waals surface area contributed by atoms with Crippen LogP contribution in [-0.2, 0) is 19.1 Å². The van der Waals surface area contributed by atoms with Crippen LogP contribution in [0.15, 0.2) is 30.3 Å². The van der Waals surface area contributed by atoms with Gasteiger partial charge in [0.15, 0.2) is 0 Å². The van der Waals surface area contributed by atoms with E-state index in [0.29, 0.717) is 31.4 Å². The number of rotatable bonds is 7. The molecule has 1 aromatic carbocycles. The minimum absolute atomic E-state index is 0.1000. The van der Waals surface area contributed by atoms with Crippen molar-refractivity contribution in [3.05, 3.63) is 36.0 Å². The number of hydrogen-bond donors (Lipinski definition) is 3. The number of benzene rings is 1. The molecule has 9 nitrogen and oxygen atoms in total. The number of aldehydes is 1. The summed E-state index contributed by atoms with van der Waals surface area (Å²) in [6, 6.07) is 7.78. The van der Waals surface area contributed by atoms with Crippen LogP contribution in [0.1, 0.15) is 29.8 Å². The van der Waals surface area contributed by atoms with E-state index in [4.69, 9.17) is 4.74 Å². The Balaban J connectivity index is 1.49. The van der Waals surface area contributed by atoms with Crippen molar-refractivity contribution in [3.8, 4) is 0 Å². The Kier molecular flexibility index (Phi) is 6.03. The van der Waals surface area contributed by atoms with E-state index in [0.717, 1.165) is 10.9 Å². The summed E-state index contributed by atoms with van der Waals surface area (Å²) in [5.41, 5.74) is 1.23. The lowest BCUT2D eigenvalue weighted by atomic mass is 9.99. The lowest BCUT2D eigenvalue weighted by Crippen LogP contribution is -2.49. The number of nitrogens with one attached hydrogen (secondary N) is 3. The molecule has 0 saturated carbocycles. The first-order chi connectivity index (χ1) is 15.0. The number of likely N-dealkylation sites (tertiary alicyclic amines) is 1. The highest BCUT2D eigenvalue weighted by atomic mass is 16.5. The van der Waals surface area contributed by atoms with Crippen LogP contribution in [0.4, 0.5) is 0 Å². The van der Waals surface area contributed by atoms with Gasteiger partial charge in [-0.3, -0.25) is 14.4 Å². The molecule has 2 saturated heterocycles. The summed E-state index contributed by atoms with van der Waals surface area (Å²) in [4.78, 5) is 54.2. The number of aromatic amines is 1. The molecule has 0 unspecified atom stereocenters. The number of hydrogen-bond acceptors (Lipinski definition) is 5. The first-order valence-corrected chi connectivity index (χ1v) is 10.4. The summed E-state index contributed by atoms with van der Waals surface area (Å²) in [5.74, 6) is -1.11. The van der Waals surface area contributed by atoms with E-state index in [2.05, 4.69) is 15.6 Å². The lowest BCUT2D eigenvalue weighted by Gasteiger charge is -2.25. The Labute approximate surface area is 179 Å². The fraction of sp³-hybridized carbons (Fsp3) is 0.455. The molecule has 9 heteroatoms. The molecule has 2 aliphatic heterocycles. The van der Waals surface area contributed by atoms with E-state index in [1.807, 2.05) is 24.3 Å². The van der Waals surface area contributed by atoms with Gasteiger partial charge in [0.2, 0.25) is 11.8 Å². The summed E-state index contributed by atoms with van der Waals surface area (Å²) in [6.07, 6.45) is 1.59. The van der Waals surface area contributed by atoms with Gasteiger partial charge in [0.05, 0.1) is 12.1 Å². The molecule has 3 amide bonds. The van der Waals surface area contributed by atoms with Gasteiger partial charge in [-0.25, -0.2) is 0 Å². The van der Waals surface area contributed by atoms with Gasteiger partial charge in [-0.2, -0.15) is 0 Å². The number of methoxy groups -OCH3 is 1. The monoisotopic (exact) mass is 426 g/mol. The molecular weight excluding hydrogens is 400 g/mol. The maximum Gasteiger partial charge on any atom is 0.271 e. The standard InChI is InChI=1S/C22H26N4O5/c1-31-16-10-19(21(29)24-15(12-27)8-14-6-7-23-20(14)28)26(11-16)22(30)18-9-13-4-2-3-5-17(13)25-18/h2-5,9,12,14-16,19,25H,6-8,10-11H2,1H3,(H,23,28)(H,24,29)/t14-,15-,16+,19-/m0/s1. The number of nitrogens with zero attached hydrogens (tertiary/aromatic N) is 1. The fourth-order valence-electron chi connectivity index (χ4n) is 4.39. The fourth-order valence-corrected chi connectivity index (χ4v) is 4.39. The van der Waals surface area contributed by atoms with Crippen molar-refractivity contribution >= 4 is 34.9 Å². The smallest absolute Gasteiger partial charge is 0.271 e. The van der Waals surface area contributed by atoms with Gasteiger partial charge in [0.1, 0.15) is 18.0 Å². The zero-order valence-electron chi connectivity index (χ0n) is 17.3. The molecule has 31 heavy (non-hydrogen) atoms. The van der Waals surface area contributed by atoms with E-state index >= 15 is 0 Å². The summed E-state index contributed by atoms with van der Waals surface area (Å²) in [7, 11) is 1.55. The van der Waals surface area contributed by atoms with Crippen molar-refractivity contribution in [1.82, 2.24) is 20.5 Å². The Morgan fingerprint density at radius 1 is 1.35 bits per heavy atom. The Bertz CT molecular complexity index is 970. The highest BCUT2D eigenvalue weighted by Crippen LogP contribution is 2.25. The molecule has 164 valence electrons. The highest BCUT2D eigenvalue weighted by molar-refractivity contribution is 6.00. The zero-order valence-corrected chi connectivity index (χ0v) is 17.3. The van der Waals surface area contributed by atoms with Crippen LogP contribution in [0.5, 0.6) is 0 Å². The van der Waals surface area contributed by atoms with E-state index < -0.39 is 18.0 Å². The normalized spacial score (nSPS) is 24.2. The van der Waals surface area contributed by atoms with Gasteiger partial charge in [0, 0.05) is 43.4 Å². The minimum Gasteiger partial charge on any atom is -0.380 e. The van der Waals surface area contributed by atoms with E-state index in [9.17, 15) is 19.2 Å². The number of carbonyl (C=O) groups excluding carboxylic acids is 4. The topological polar surface area (TPSA) is 121 Å². The lowest BCUT2D eigenvalue weighted by molar-refractivity contribution is -0.128. The van der Waals surface area contributed by atoms with Crippen LogP contribution < -0.4 is 10.6 Å². The third-order valence-electron chi connectivity index (χ3n) is 6.11. The third-order valence-corrected chi connectivity index (χ3v) is 6.11. The quantitative estimate of drug-likeness (QED) is 0.560. The number of ether oxygens (including phenoxy) is 1. The summed E-state index contributed by atoms with van der Waals surface area (Å²) in [6.45, 7) is 0.855. The van der Waals surface area contributed by atoms with Crippen LogP contribution >= 0.6 is 0 Å². The van der Waals surface area contributed by atoms with Gasteiger partial charge in [-0.1, -0.05) is 18.2 Å². The molecule has 2 fully saturated rings. The first-order valence-electron chi connectivity index (χ1n) is 10.4. The third kappa shape index (κ3) is 4.32. The van der Waals surface area contributed by atoms with E-state index in [1.54, 1.807) is 13.2 Å². The molecule has 0 aliphatic carbocycles. The first kappa shape index (κ1) is 21.0. The number of amides is 3. The Morgan fingerprint density at radius 3 is 2.84 bits per heavy atom. The summed E-state index contributed by atoms with van der Waals surface area (Å²) >= 11 is 0. The average molecular weight is 426 g/mol. The minimum atomic E-state index is -0.784. The molecular formula is C22H26N4O5. The van der Waals surface area contributed by atoms with Gasteiger partial charge < -0.3 is 30.0 Å². The van der Waals surface area contributed by atoms with Crippen LogP contribution in [0.2, 0.25) is 0 Å². The van der Waals surface area contributed by atoms with Gasteiger partial charge in [-0.15, -0.1) is 0 Å². The maximum atomic E-state index is 13.2. The Morgan fingerprint density at radius 2 is 2.16 bits per heavy atom. The predicted octanol–water partition coefficient (Wildman–Crippen LogP) is 0.607.